The van der Waals surface area contributed by atoms with Crippen molar-refractivity contribution in [3.8, 4) is 28.7 Å². The molecule has 0 atom stereocenters. The van der Waals surface area contributed by atoms with E-state index in [-0.39, 0.29) is 12.4 Å². The molecule has 1 aliphatic heterocycles. The fourth-order valence-corrected chi connectivity index (χ4v) is 5.49. The van der Waals surface area contributed by atoms with Crippen LogP contribution in [0.4, 0.5) is 0 Å². The minimum atomic E-state index is 0. The van der Waals surface area contributed by atoms with Gasteiger partial charge >= 0.3 is 0 Å². The lowest BCUT2D eigenvalue weighted by molar-refractivity contribution is 0.243. The molecule has 0 spiro atoms. The van der Waals surface area contributed by atoms with Crippen LogP contribution >= 0.6 is 12.4 Å². The van der Waals surface area contributed by atoms with Crippen molar-refractivity contribution in [2.45, 2.75) is 32.7 Å². The molecule has 0 saturated heterocycles. The number of benzene rings is 5. The van der Waals surface area contributed by atoms with Crippen LogP contribution in [0.3, 0.4) is 0 Å². The van der Waals surface area contributed by atoms with E-state index < -0.39 is 0 Å². The fraction of sp³-hybridized carbons (Fsp3) is 0.205. The number of hydrogen-bond donors (Lipinski definition) is 0. The molecule has 0 unspecified atom stereocenters. The Morgan fingerprint density at radius 1 is 0.543 bits per heavy atom. The topological polar surface area (TPSA) is 58.5 Å². The van der Waals surface area contributed by atoms with E-state index in [1.54, 1.807) is 14.2 Å². The van der Waals surface area contributed by atoms with Crippen LogP contribution in [0.1, 0.15) is 33.4 Å². The molecule has 0 fully saturated rings. The molecule has 0 amide bonds. The van der Waals surface area contributed by atoms with Crippen LogP contribution in [0.15, 0.2) is 120 Å². The van der Waals surface area contributed by atoms with Gasteiger partial charge in [-0.2, -0.15) is 0 Å². The molecule has 0 radical (unpaired) electrons. The van der Waals surface area contributed by atoms with Crippen LogP contribution in [-0.2, 0) is 32.7 Å². The van der Waals surface area contributed by atoms with E-state index in [1.807, 2.05) is 91.0 Å². The molecule has 1 aliphatic rings. The Bertz CT molecular complexity index is 1740. The summed E-state index contributed by atoms with van der Waals surface area (Å²) in [6.45, 7) is 1.93. The molecule has 0 N–H and O–H groups in total. The predicted octanol–water partition coefficient (Wildman–Crippen LogP) is 8.45. The summed E-state index contributed by atoms with van der Waals surface area (Å²) < 4.78 is 30.8. The number of rotatable bonds is 13. The molecular weight excluding hydrogens is 598 g/mol. The minimum Gasteiger partial charge on any atom is -0.493 e. The summed E-state index contributed by atoms with van der Waals surface area (Å²) in [7, 11) is 3.34. The lowest BCUT2D eigenvalue weighted by Crippen LogP contribution is -2.18. The Hall–Kier alpha value is -4.94. The van der Waals surface area contributed by atoms with Gasteiger partial charge in [0.25, 0.3) is 0 Å². The van der Waals surface area contributed by atoms with Crippen molar-refractivity contribution in [3.05, 3.63) is 149 Å². The van der Waals surface area contributed by atoms with Gasteiger partial charge in [-0.25, -0.2) is 0 Å². The summed E-state index contributed by atoms with van der Waals surface area (Å²) in [5.41, 5.74) is 7.31. The standard InChI is InChI=1S/C39H37NO5.ClH/c1-41-34-19-18-31(23-35(34)43-25-28-12-6-3-7-13-28)22-33-37-32(20-21-40-33)24-36(44-26-29-14-8-4-9-15-29)38(39(37)42-2)45-27-30-16-10-5-11-17-30;/h3-19,23-24H,20-22,25-27H2,1-2H3;1H. The quantitative estimate of drug-likeness (QED) is 0.130. The van der Waals surface area contributed by atoms with E-state index in [2.05, 4.69) is 24.3 Å². The highest BCUT2D eigenvalue weighted by atomic mass is 35.5. The summed E-state index contributed by atoms with van der Waals surface area (Å²) in [4.78, 5) is 4.99. The maximum Gasteiger partial charge on any atom is 0.204 e. The fourth-order valence-electron chi connectivity index (χ4n) is 5.49. The SMILES string of the molecule is COc1ccc(CC2=NCCc3cc(OCc4ccccc4)c(OCc4ccccc4)c(OC)c32)cc1OCc1ccccc1.Cl. The molecular formula is C39H38ClNO5. The van der Waals surface area contributed by atoms with Crippen LogP contribution in [0, 0.1) is 0 Å². The average molecular weight is 636 g/mol. The van der Waals surface area contributed by atoms with Crippen molar-refractivity contribution in [2.75, 3.05) is 20.8 Å². The highest BCUT2D eigenvalue weighted by molar-refractivity contribution is 6.07. The summed E-state index contributed by atoms with van der Waals surface area (Å²) >= 11 is 0. The molecule has 0 saturated carbocycles. The molecule has 0 aromatic heterocycles. The van der Waals surface area contributed by atoms with Crippen molar-refractivity contribution in [1.29, 1.82) is 0 Å². The number of methoxy groups -OCH3 is 2. The second-order valence-electron chi connectivity index (χ2n) is 10.8. The number of fused-ring (bicyclic) bond motifs is 1. The van der Waals surface area contributed by atoms with E-state index in [1.165, 1.54) is 0 Å². The van der Waals surface area contributed by atoms with Crippen molar-refractivity contribution < 1.29 is 23.7 Å². The highest BCUT2D eigenvalue weighted by Crippen LogP contribution is 2.45. The van der Waals surface area contributed by atoms with E-state index in [0.717, 1.165) is 45.5 Å². The minimum absolute atomic E-state index is 0. The second-order valence-corrected chi connectivity index (χ2v) is 10.8. The zero-order chi connectivity index (χ0) is 30.8. The van der Waals surface area contributed by atoms with Crippen molar-refractivity contribution >= 4 is 18.1 Å². The first-order valence-electron chi connectivity index (χ1n) is 15.2. The molecule has 5 aromatic carbocycles. The summed E-state index contributed by atoms with van der Waals surface area (Å²) in [5.74, 6) is 3.26. The van der Waals surface area contributed by atoms with E-state index in [4.69, 9.17) is 28.7 Å². The van der Waals surface area contributed by atoms with Crippen molar-refractivity contribution in [1.82, 2.24) is 0 Å². The third-order valence-electron chi connectivity index (χ3n) is 7.76. The highest BCUT2D eigenvalue weighted by Gasteiger charge is 2.27. The number of ether oxygens (including phenoxy) is 5. The normalized spacial score (nSPS) is 11.8. The number of nitrogens with zero attached hydrogens (tertiary/aromatic N) is 1. The van der Waals surface area contributed by atoms with Crippen LogP contribution < -0.4 is 23.7 Å². The molecule has 236 valence electrons. The maximum absolute atomic E-state index is 6.48. The van der Waals surface area contributed by atoms with Gasteiger partial charge in [0.15, 0.2) is 23.0 Å². The van der Waals surface area contributed by atoms with Crippen LogP contribution in [0.2, 0.25) is 0 Å². The first-order chi connectivity index (χ1) is 22.2. The van der Waals surface area contributed by atoms with Gasteiger partial charge in [0.05, 0.1) is 19.9 Å². The lowest BCUT2D eigenvalue weighted by atomic mass is 9.91. The Balaban J connectivity index is 0.00000417. The second kappa shape index (κ2) is 15.9. The van der Waals surface area contributed by atoms with Gasteiger partial charge in [-0.05, 0) is 52.4 Å². The molecule has 6 rings (SSSR count). The van der Waals surface area contributed by atoms with Crippen molar-refractivity contribution in [3.63, 3.8) is 0 Å². The summed E-state index contributed by atoms with van der Waals surface area (Å²) in [5, 5.41) is 0. The maximum atomic E-state index is 6.48. The third-order valence-corrected chi connectivity index (χ3v) is 7.76. The first kappa shape index (κ1) is 32.5. The van der Waals surface area contributed by atoms with Gasteiger partial charge in [0, 0.05) is 18.5 Å². The number of aliphatic imine (C=N–C) groups is 1. The van der Waals surface area contributed by atoms with Crippen LogP contribution in [-0.4, -0.2) is 26.5 Å². The van der Waals surface area contributed by atoms with Gasteiger partial charge in [-0.15, -0.1) is 12.4 Å². The Morgan fingerprint density at radius 3 is 1.67 bits per heavy atom. The predicted molar refractivity (Wildman–Crippen MR) is 184 cm³/mol. The summed E-state index contributed by atoms with van der Waals surface area (Å²) in [6.07, 6.45) is 1.38. The molecule has 1 heterocycles. The monoisotopic (exact) mass is 635 g/mol. The number of halogens is 1. The molecule has 5 aromatic rings. The van der Waals surface area contributed by atoms with Gasteiger partial charge in [0.1, 0.15) is 19.8 Å². The molecule has 6 nitrogen and oxygen atoms in total. The number of hydrogen-bond acceptors (Lipinski definition) is 6. The van der Waals surface area contributed by atoms with Crippen LogP contribution in [0.5, 0.6) is 28.7 Å². The van der Waals surface area contributed by atoms with Gasteiger partial charge in [-0.3, -0.25) is 4.99 Å². The van der Waals surface area contributed by atoms with Gasteiger partial charge in [-0.1, -0.05) is 97.1 Å². The zero-order valence-corrected chi connectivity index (χ0v) is 26.9. The third kappa shape index (κ3) is 7.82. The van der Waals surface area contributed by atoms with E-state index in [9.17, 15) is 0 Å². The molecule has 0 bridgehead atoms. The van der Waals surface area contributed by atoms with E-state index >= 15 is 0 Å². The smallest absolute Gasteiger partial charge is 0.204 e. The average Bonchev–Trinajstić information content (AvgIpc) is 3.10. The van der Waals surface area contributed by atoms with E-state index in [0.29, 0.717) is 61.5 Å². The molecule has 46 heavy (non-hydrogen) atoms. The Labute approximate surface area is 277 Å². The van der Waals surface area contributed by atoms with Crippen molar-refractivity contribution in [2.24, 2.45) is 4.99 Å². The lowest BCUT2D eigenvalue weighted by Gasteiger charge is -2.25. The summed E-state index contributed by atoms with van der Waals surface area (Å²) in [6, 6.07) is 38.5. The van der Waals surface area contributed by atoms with Crippen LogP contribution in [0.25, 0.3) is 0 Å². The van der Waals surface area contributed by atoms with Gasteiger partial charge < -0.3 is 23.7 Å². The molecule has 7 heteroatoms. The van der Waals surface area contributed by atoms with Gasteiger partial charge in [0.2, 0.25) is 5.75 Å². The first-order valence-corrected chi connectivity index (χ1v) is 15.2. The largest absolute Gasteiger partial charge is 0.493 e. The molecule has 0 aliphatic carbocycles. The Kier molecular flexibility index (Phi) is 11.2. The zero-order valence-electron chi connectivity index (χ0n) is 26.1. The Morgan fingerprint density at radius 2 is 1.11 bits per heavy atom.